The van der Waals surface area contributed by atoms with Crippen LogP contribution in [0.5, 0.6) is 0 Å². The lowest BCUT2D eigenvalue weighted by molar-refractivity contribution is -0.149. The molecule has 2 aliphatic heterocycles. The van der Waals surface area contributed by atoms with Crippen molar-refractivity contribution >= 4 is 29.6 Å². The third kappa shape index (κ3) is 11.0. The predicted octanol–water partition coefficient (Wildman–Crippen LogP) is -2.29. The lowest BCUT2D eigenvalue weighted by atomic mass is 10.0. The lowest BCUT2D eigenvalue weighted by Gasteiger charge is -2.30. The molecule has 6 atom stereocenters. The molecule has 2 saturated heterocycles. The topological polar surface area (TPSA) is 260 Å². The third-order valence-electron chi connectivity index (χ3n) is 8.11. The molecule has 12 N–H and O–H groups in total. The highest BCUT2D eigenvalue weighted by Crippen LogP contribution is 2.22. The first-order valence-electron chi connectivity index (χ1n) is 15.5. The van der Waals surface area contributed by atoms with E-state index in [4.69, 9.17) is 22.9 Å². The monoisotopic (exact) mass is 612 g/mol. The van der Waals surface area contributed by atoms with E-state index < -0.39 is 65.9 Å². The van der Waals surface area contributed by atoms with Gasteiger partial charge >= 0.3 is 5.97 Å². The number of aliphatic carboxylic acids is 1. The summed E-state index contributed by atoms with van der Waals surface area (Å²) in [5, 5.41) is 25.4. The fraction of sp³-hybridized carbons (Fsp3) is 0.821. The fourth-order valence-corrected chi connectivity index (χ4v) is 5.69. The van der Waals surface area contributed by atoms with Crippen molar-refractivity contribution in [1.82, 2.24) is 20.4 Å². The van der Waals surface area contributed by atoms with E-state index in [0.717, 1.165) is 0 Å². The first-order valence-corrected chi connectivity index (χ1v) is 15.5. The Hall–Kier alpha value is -2.85. The summed E-state index contributed by atoms with van der Waals surface area (Å²) in [6.07, 6.45) is 4.43. The van der Waals surface area contributed by atoms with Crippen molar-refractivity contribution < 1.29 is 34.2 Å². The van der Waals surface area contributed by atoms with Crippen molar-refractivity contribution in [3.63, 3.8) is 0 Å². The highest BCUT2D eigenvalue weighted by Gasteiger charge is 2.42. The summed E-state index contributed by atoms with van der Waals surface area (Å²) in [4.78, 5) is 67.8. The van der Waals surface area contributed by atoms with E-state index in [-0.39, 0.29) is 32.4 Å². The number of aliphatic hydroxyl groups is 1. The van der Waals surface area contributed by atoms with Gasteiger partial charge < -0.3 is 53.6 Å². The average Bonchev–Trinajstić information content (AvgIpc) is 3.63. The molecule has 0 aromatic heterocycles. The van der Waals surface area contributed by atoms with E-state index in [1.165, 1.54) is 9.80 Å². The van der Waals surface area contributed by atoms with E-state index in [1.807, 2.05) is 0 Å². The first-order chi connectivity index (χ1) is 20.5. The highest BCUT2D eigenvalue weighted by molar-refractivity contribution is 5.95. The highest BCUT2D eigenvalue weighted by atomic mass is 16.4. The van der Waals surface area contributed by atoms with Crippen LogP contribution in [0.15, 0.2) is 0 Å². The number of hydrogen-bond donors (Lipinski definition) is 8. The van der Waals surface area contributed by atoms with Crippen molar-refractivity contribution in [3.05, 3.63) is 0 Å². The zero-order valence-corrected chi connectivity index (χ0v) is 25.1. The van der Waals surface area contributed by atoms with Crippen LogP contribution in [0.3, 0.4) is 0 Å². The standard InChI is InChI=1S/C28H52N8O7/c29-12-4-1-8-19(32)26(40)36-17-18(37)16-23(36)25(39)33-20(9-2-5-13-30)24(38)34-21(10-3-6-14-31)27(41)35-15-7-11-22(35)28(42)43/h18-23,37H,1-17,29-32H2,(H,33,39)(H,34,38)(H,42,43)/t18-,19+,20+,21+,22+,23+/m1/s1. The molecule has 246 valence electrons. The number of nitrogens with two attached hydrogens (primary N) is 4. The van der Waals surface area contributed by atoms with Crippen molar-refractivity contribution in [2.75, 3.05) is 32.7 Å². The molecule has 4 amide bonds. The minimum absolute atomic E-state index is 0.00400. The third-order valence-corrected chi connectivity index (χ3v) is 8.11. The van der Waals surface area contributed by atoms with Gasteiger partial charge in [0.05, 0.1) is 12.1 Å². The first kappa shape index (κ1) is 36.3. The molecule has 0 aromatic rings. The Kier molecular flexibility index (Phi) is 15.8. The molecule has 15 nitrogen and oxygen atoms in total. The number of hydrogen-bond acceptors (Lipinski definition) is 10. The second-order valence-corrected chi connectivity index (χ2v) is 11.5. The van der Waals surface area contributed by atoms with E-state index in [0.29, 0.717) is 77.4 Å². The molecule has 15 heteroatoms. The van der Waals surface area contributed by atoms with Gasteiger partial charge in [0.1, 0.15) is 24.2 Å². The number of nitrogens with one attached hydrogen (secondary N) is 2. The number of nitrogens with zero attached hydrogens (tertiary/aromatic N) is 2. The zero-order valence-electron chi connectivity index (χ0n) is 25.1. The maximum atomic E-state index is 13.6. The van der Waals surface area contributed by atoms with Crippen molar-refractivity contribution in [2.24, 2.45) is 22.9 Å². The SMILES string of the molecule is NCCCC[C@H](NC(=O)[C@@H]1C[C@@H](O)CN1C(=O)[C@@H](N)CCCCN)C(=O)N[C@@H](CCCCN)C(=O)N1CCC[C@H]1C(=O)O. The lowest BCUT2D eigenvalue weighted by Crippen LogP contribution is -2.58. The minimum Gasteiger partial charge on any atom is -0.480 e. The van der Waals surface area contributed by atoms with Crippen molar-refractivity contribution in [3.8, 4) is 0 Å². The molecule has 0 radical (unpaired) electrons. The molecule has 2 aliphatic rings. The summed E-state index contributed by atoms with van der Waals surface area (Å²) in [7, 11) is 0. The molecular weight excluding hydrogens is 560 g/mol. The molecule has 0 aromatic carbocycles. The number of β-amino-alcohol motifs (C(OH)–C–C–N with tert-alkyl or cyclic N) is 1. The molecule has 0 aliphatic carbocycles. The van der Waals surface area contributed by atoms with E-state index in [2.05, 4.69) is 10.6 Å². The number of carboxylic acid groups (broad SMARTS) is 1. The van der Waals surface area contributed by atoms with E-state index in [1.54, 1.807) is 0 Å². The van der Waals surface area contributed by atoms with Crippen LogP contribution >= 0.6 is 0 Å². The second-order valence-electron chi connectivity index (χ2n) is 11.5. The average molecular weight is 613 g/mol. The van der Waals surface area contributed by atoms with Gasteiger partial charge in [-0.15, -0.1) is 0 Å². The molecule has 0 saturated carbocycles. The van der Waals surface area contributed by atoms with E-state index in [9.17, 15) is 34.2 Å². The van der Waals surface area contributed by atoms with Gasteiger partial charge in [0.25, 0.3) is 0 Å². The summed E-state index contributed by atoms with van der Waals surface area (Å²) >= 11 is 0. The molecule has 2 heterocycles. The number of aliphatic hydroxyl groups excluding tert-OH is 1. The molecule has 43 heavy (non-hydrogen) atoms. The van der Waals surface area contributed by atoms with Crippen LogP contribution in [0.2, 0.25) is 0 Å². The minimum atomic E-state index is -1.10. The van der Waals surface area contributed by atoms with Gasteiger partial charge in [-0.1, -0.05) is 6.42 Å². The van der Waals surface area contributed by atoms with Crippen LogP contribution < -0.4 is 33.6 Å². The molecule has 0 unspecified atom stereocenters. The summed E-state index contributed by atoms with van der Waals surface area (Å²) in [5.41, 5.74) is 22.9. The summed E-state index contributed by atoms with van der Waals surface area (Å²) < 4.78 is 0. The Bertz CT molecular complexity index is 939. The Morgan fingerprint density at radius 1 is 0.767 bits per heavy atom. The number of rotatable bonds is 19. The number of unbranched alkanes of at least 4 members (excludes halogenated alkanes) is 3. The number of carboxylic acids is 1. The van der Waals surface area contributed by atoms with Gasteiger partial charge in [0.15, 0.2) is 0 Å². The fourth-order valence-electron chi connectivity index (χ4n) is 5.69. The Labute approximate surface area is 253 Å². The van der Waals surface area contributed by atoms with Crippen LogP contribution in [0.25, 0.3) is 0 Å². The summed E-state index contributed by atoms with van der Waals surface area (Å²) in [6.45, 7) is 1.47. The van der Waals surface area contributed by atoms with Crippen molar-refractivity contribution in [2.45, 2.75) is 113 Å². The van der Waals surface area contributed by atoms with Gasteiger partial charge in [-0.05, 0) is 83.8 Å². The Balaban J connectivity index is 2.19. The van der Waals surface area contributed by atoms with Crippen LogP contribution in [0, 0.1) is 0 Å². The Morgan fingerprint density at radius 2 is 1.35 bits per heavy atom. The summed E-state index contributed by atoms with van der Waals surface area (Å²) in [5.74, 6) is -3.24. The largest absolute Gasteiger partial charge is 0.480 e. The van der Waals surface area contributed by atoms with Gasteiger partial charge in [-0.3, -0.25) is 19.2 Å². The van der Waals surface area contributed by atoms with Crippen LogP contribution in [0.1, 0.15) is 77.0 Å². The summed E-state index contributed by atoms with van der Waals surface area (Å²) in [6, 6.07) is -4.87. The zero-order chi connectivity index (χ0) is 31.9. The second kappa shape index (κ2) is 18.7. The van der Waals surface area contributed by atoms with Gasteiger partial charge in [0.2, 0.25) is 23.6 Å². The molecule has 2 fully saturated rings. The molecule has 2 rings (SSSR count). The Morgan fingerprint density at radius 3 is 1.93 bits per heavy atom. The van der Waals surface area contributed by atoms with Crippen LogP contribution in [-0.4, -0.2) is 119 Å². The number of carbonyl (C=O) groups excluding carboxylic acids is 4. The quantitative estimate of drug-likeness (QED) is 0.0720. The predicted molar refractivity (Wildman–Crippen MR) is 159 cm³/mol. The molecule has 0 spiro atoms. The number of carbonyl (C=O) groups is 5. The molecule has 0 bridgehead atoms. The molecular formula is C28H52N8O7. The maximum Gasteiger partial charge on any atom is 0.326 e. The van der Waals surface area contributed by atoms with Crippen molar-refractivity contribution in [1.29, 1.82) is 0 Å². The number of likely N-dealkylation sites (tertiary alicyclic amines) is 2. The van der Waals surface area contributed by atoms with Gasteiger partial charge in [-0.2, -0.15) is 0 Å². The maximum absolute atomic E-state index is 13.6. The van der Waals surface area contributed by atoms with Gasteiger partial charge in [-0.25, -0.2) is 4.79 Å². The van der Waals surface area contributed by atoms with Gasteiger partial charge in [0, 0.05) is 19.5 Å². The smallest absolute Gasteiger partial charge is 0.326 e. The van der Waals surface area contributed by atoms with E-state index >= 15 is 0 Å². The van der Waals surface area contributed by atoms with Crippen LogP contribution in [-0.2, 0) is 24.0 Å². The van der Waals surface area contributed by atoms with Crippen LogP contribution in [0.4, 0.5) is 0 Å². The number of amides is 4. The normalized spacial score (nSPS) is 22.2.